The quantitative estimate of drug-likeness (QED) is 0.0203. The number of rotatable bonds is 15. The van der Waals surface area contributed by atoms with Crippen molar-refractivity contribution in [1.82, 2.24) is 50.1 Å². The monoisotopic (exact) mass is 1140 g/mol. The largest absolute Gasteiger partial charge is 0.382 e. The lowest BCUT2D eigenvalue weighted by molar-refractivity contribution is -0.119. The van der Waals surface area contributed by atoms with Gasteiger partial charge in [-0.25, -0.2) is 39.9 Å². The van der Waals surface area contributed by atoms with Gasteiger partial charge in [-0.2, -0.15) is 15.8 Å². The smallest absolute Gasteiger partial charge is 0.222 e. The molecule has 4 aromatic rings. The number of fused-ring (bicyclic) bond motifs is 1. The molecule has 1 amide bonds. The van der Waals surface area contributed by atoms with E-state index in [1.165, 1.54) is 32.4 Å². The lowest BCUT2D eigenvalue weighted by atomic mass is 10.2. The van der Waals surface area contributed by atoms with Gasteiger partial charge in [-0.05, 0) is 49.5 Å². The van der Waals surface area contributed by atoms with Crippen molar-refractivity contribution in [2.75, 3.05) is 70.6 Å². The predicted octanol–water partition coefficient (Wildman–Crippen LogP) is 6.63. The van der Waals surface area contributed by atoms with Crippen LogP contribution in [0.15, 0.2) is 97.7 Å². The Balaban J connectivity index is -0.000000110. The van der Waals surface area contributed by atoms with Crippen LogP contribution in [0.5, 0.6) is 0 Å². The van der Waals surface area contributed by atoms with Crippen LogP contribution in [0.4, 0.5) is 23.8 Å². The number of carbonyl (C=O) groups is 3. The van der Waals surface area contributed by atoms with E-state index in [9.17, 15) is 14.4 Å². The summed E-state index contributed by atoms with van der Waals surface area (Å²) in [4.78, 5) is 73.9. The number of guanidine groups is 1. The Morgan fingerprint density at radius 2 is 1.16 bits per heavy atom. The summed E-state index contributed by atoms with van der Waals surface area (Å²) in [7, 11) is 12.1. The molecule has 0 aromatic carbocycles. The fourth-order valence-electron chi connectivity index (χ4n) is 4.64. The van der Waals surface area contributed by atoms with E-state index in [-0.39, 0.29) is 89.4 Å². The van der Waals surface area contributed by atoms with E-state index in [0.29, 0.717) is 54.7 Å². The lowest BCUT2D eigenvalue weighted by Crippen LogP contribution is -2.21. The van der Waals surface area contributed by atoms with E-state index >= 15 is 0 Å². The predicted molar refractivity (Wildman–Crippen MR) is 347 cm³/mol. The van der Waals surface area contributed by atoms with E-state index in [1.807, 2.05) is 38.4 Å². The molecular weight excluding hydrogens is 1050 g/mol. The molecule has 1 aliphatic heterocycles. The first kappa shape index (κ1) is 92.2. The highest BCUT2D eigenvalue weighted by Gasteiger charge is 2.08. The summed E-state index contributed by atoms with van der Waals surface area (Å²) < 4.78 is 0. The molecule has 25 nitrogen and oxygen atoms in total. The van der Waals surface area contributed by atoms with Crippen LogP contribution in [0.25, 0.3) is 24.3 Å². The van der Waals surface area contributed by atoms with Gasteiger partial charge >= 0.3 is 0 Å². The summed E-state index contributed by atoms with van der Waals surface area (Å²) in [6.45, 7) is 22.3. The second-order valence-corrected chi connectivity index (χ2v) is 14.3. The van der Waals surface area contributed by atoms with Crippen molar-refractivity contribution in [3.05, 3.63) is 133 Å². The molecule has 5 heterocycles. The average Bonchev–Trinajstić information content (AvgIpc) is 3.64. The average molecular weight is 1140 g/mol. The SMILES string of the molecule is C.C.C.C.C.C=CC(=O)/C(C#N)=C/N(C)C.C=CC(=O)CC#N.C=Cc1nc(NC)ncc1C#N.C=Cc1nc(NC)ncc1CN.C=Cc1nc(NC)ncc1CNC(C)=O.CN=C(N)N.CNc1ncc2c(n1)C=CC(C)=NC2.[B].[B]. The number of nitrogens with one attached hydrogen (secondary N) is 5. The van der Waals surface area contributed by atoms with Gasteiger partial charge in [0.2, 0.25) is 29.7 Å². The third kappa shape index (κ3) is 39.8. The molecular formula is C56H88B2N22O3. The molecule has 0 atom stereocenters. The molecule has 0 spiro atoms. The highest BCUT2D eigenvalue weighted by molar-refractivity contribution is 6.06. The van der Waals surface area contributed by atoms with Gasteiger partial charge in [-0.3, -0.25) is 24.4 Å². The minimum absolute atomic E-state index is 0. The molecule has 27 heteroatoms. The van der Waals surface area contributed by atoms with Gasteiger partial charge in [0.1, 0.15) is 17.7 Å². The summed E-state index contributed by atoms with van der Waals surface area (Å²) in [6, 6.07) is 5.45. The van der Waals surface area contributed by atoms with Crippen LogP contribution in [0.3, 0.4) is 0 Å². The molecule has 0 fully saturated rings. The summed E-state index contributed by atoms with van der Waals surface area (Å²) in [5.41, 5.74) is 22.5. The number of hydrogen-bond acceptors (Lipinski definition) is 22. The van der Waals surface area contributed by atoms with E-state index in [1.54, 1.807) is 76.8 Å². The minimum Gasteiger partial charge on any atom is -0.382 e. The van der Waals surface area contributed by atoms with Gasteiger partial charge in [-0.1, -0.05) is 70.0 Å². The maximum atomic E-state index is 10.8. The second kappa shape index (κ2) is 55.1. The molecule has 0 bridgehead atoms. The van der Waals surface area contributed by atoms with Crippen LogP contribution in [-0.4, -0.2) is 140 Å². The summed E-state index contributed by atoms with van der Waals surface area (Å²) >= 11 is 0. The number of allylic oxidation sites excluding steroid dienone is 4. The minimum atomic E-state index is -0.346. The van der Waals surface area contributed by atoms with Crippen molar-refractivity contribution in [3.8, 4) is 18.2 Å². The molecule has 11 N–H and O–H groups in total. The number of nitriles is 3. The fourth-order valence-corrected chi connectivity index (χ4v) is 4.64. The van der Waals surface area contributed by atoms with E-state index < -0.39 is 0 Å². The number of aromatic nitrogens is 8. The normalized spacial score (nSPS) is 9.05. The van der Waals surface area contributed by atoms with Crippen LogP contribution in [0.2, 0.25) is 0 Å². The number of amides is 1. The van der Waals surface area contributed by atoms with E-state index in [4.69, 9.17) is 33.0 Å². The molecule has 0 saturated heterocycles. The van der Waals surface area contributed by atoms with E-state index in [0.717, 1.165) is 51.6 Å². The molecule has 446 valence electrons. The zero-order valence-electron chi connectivity index (χ0n) is 45.7. The lowest BCUT2D eigenvalue weighted by Gasteiger charge is -2.07. The van der Waals surface area contributed by atoms with Crippen molar-refractivity contribution < 1.29 is 14.4 Å². The van der Waals surface area contributed by atoms with Crippen molar-refractivity contribution in [2.24, 2.45) is 27.2 Å². The van der Waals surface area contributed by atoms with Crippen LogP contribution in [0.1, 0.15) is 102 Å². The number of anilines is 4. The van der Waals surface area contributed by atoms with Crippen molar-refractivity contribution >= 4 is 94.1 Å². The number of nitrogens with two attached hydrogens (primary N) is 3. The number of aliphatic imine (C=N–C) groups is 2. The maximum Gasteiger partial charge on any atom is 0.222 e. The Labute approximate surface area is 498 Å². The number of hydrogen-bond donors (Lipinski definition) is 8. The Bertz CT molecular complexity index is 2840. The van der Waals surface area contributed by atoms with Gasteiger partial charge in [0.25, 0.3) is 0 Å². The van der Waals surface area contributed by atoms with Gasteiger partial charge < -0.3 is 48.7 Å². The zero-order valence-corrected chi connectivity index (χ0v) is 45.7. The third-order valence-corrected chi connectivity index (χ3v) is 8.53. The number of carbonyl (C=O) groups excluding carboxylic acids is 3. The second-order valence-electron chi connectivity index (χ2n) is 14.3. The molecule has 0 unspecified atom stereocenters. The van der Waals surface area contributed by atoms with Gasteiger partial charge in [-0.15, -0.1) is 0 Å². The maximum absolute atomic E-state index is 10.8. The van der Waals surface area contributed by atoms with Crippen molar-refractivity contribution in [1.29, 1.82) is 15.8 Å². The van der Waals surface area contributed by atoms with Crippen molar-refractivity contribution in [2.45, 2.75) is 77.0 Å². The summed E-state index contributed by atoms with van der Waals surface area (Å²) in [5, 5.41) is 39.0. The Morgan fingerprint density at radius 1 is 0.711 bits per heavy atom. The topological polar surface area (TPSA) is 392 Å². The van der Waals surface area contributed by atoms with Crippen LogP contribution in [-0.2, 0) is 34.0 Å². The molecule has 6 radical (unpaired) electrons. The van der Waals surface area contributed by atoms with Gasteiger partial charge in [0, 0.05) is 133 Å². The van der Waals surface area contributed by atoms with Crippen molar-refractivity contribution in [3.63, 3.8) is 0 Å². The Kier molecular flexibility index (Phi) is 61.3. The third-order valence-electron chi connectivity index (χ3n) is 8.53. The van der Waals surface area contributed by atoms with Crippen LogP contribution < -0.4 is 43.8 Å². The molecule has 83 heavy (non-hydrogen) atoms. The first-order valence-electron chi connectivity index (χ1n) is 22.3. The number of ketones is 2. The first-order valence-corrected chi connectivity index (χ1v) is 22.3. The van der Waals surface area contributed by atoms with Crippen LogP contribution in [0, 0.1) is 34.0 Å². The number of nitrogens with zero attached hydrogens (tertiary/aromatic N) is 14. The van der Waals surface area contributed by atoms with Gasteiger partial charge in [0.05, 0.1) is 53.6 Å². The highest BCUT2D eigenvalue weighted by atomic mass is 16.1. The molecule has 5 rings (SSSR count). The molecule has 0 saturated carbocycles. The van der Waals surface area contributed by atoms with Crippen LogP contribution >= 0.6 is 0 Å². The molecule has 1 aliphatic rings. The standard InChI is InChI=1S/C10H14N4O.C10H12N4.C8H12N4.C8H8N4.C8H10N2O.C5H5NO.C2H7N3.5CH4.2B/c1-4-9-8(5-12-7(2)15)6-13-10(11-3)14-9;1-7-3-4-9-8(5-12-7)6-13-10(11-2)14-9;2*1-3-7-6(4-9)5-11-8(10-2)12-7;1-4-8(11)7(5-9)6-10(2)3;1-2-5(7)3-4-6;1-5-2(3)4;;;;;;;/h4,6H,1,5H2,2-3H3,(H,12,15)(H,11,13,14);3-4,6H,5H2,1-2H3,(H,11,13,14);3,5H,1,4,9H2,2H3,(H,10,11,12);3,5H,1H2,2H3,(H,10,11,12);4,6H,1H2,2-3H3;2H,1,3H2;1H3,(H4,3,4,5);5*1H4;;/b;;;;7-6+;;;;;;;;;. The first-order chi connectivity index (χ1) is 36.3. The molecule has 4 aromatic heterocycles. The van der Waals surface area contributed by atoms with Gasteiger partial charge in [0.15, 0.2) is 17.5 Å². The zero-order chi connectivity index (χ0) is 58.0. The Hall–Kier alpha value is -10.2. The Morgan fingerprint density at radius 3 is 1.53 bits per heavy atom. The highest BCUT2D eigenvalue weighted by Crippen LogP contribution is 2.14. The van der Waals surface area contributed by atoms with E-state index in [2.05, 4.69) is 109 Å². The summed E-state index contributed by atoms with van der Waals surface area (Å²) in [5.74, 6) is 1.74. The molecule has 0 aliphatic carbocycles. The summed E-state index contributed by atoms with van der Waals surface area (Å²) in [6.07, 6.45) is 19.1. The fraction of sp³-hybridized carbons (Fsp3) is 0.321.